The van der Waals surface area contributed by atoms with Gasteiger partial charge in [0.05, 0.1) is 47.9 Å². The van der Waals surface area contributed by atoms with Crippen molar-refractivity contribution in [2.45, 2.75) is 49.3 Å². The molecule has 1 aliphatic carbocycles. The monoisotopic (exact) mass is 456 g/mol. The van der Waals surface area contributed by atoms with Gasteiger partial charge in [-0.1, -0.05) is 13.0 Å². The van der Waals surface area contributed by atoms with E-state index in [0.29, 0.717) is 16.7 Å². The van der Waals surface area contributed by atoms with Crippen LogP contribution in [0.3, 0.4) is 0 Å². The second kappa shape index (κ2) is 7.52. The first-order valence-electron chi connectivity index (χ1n) is 10.3. The summed E-state index contributed by atoms with van der Waals surface area (Å²) >= 11 is 1.64. The number of aromatic nitrogens is 5. The van der Waals surface area contributed by atoms with Gasteiger partial charge in [0.2, 0.25) is 0 Å². The van der Waals surface area contributed by atoms with Crippen LogP contribution in [0.4, 0.5) is 13.2 Å². The molecule has 0 spiro atoms. The fourth-order valence-electron chi connectivity index (χ4n) is 3.87. The molecule has 5 rings (SSSR count). The molecule has 1 fully saturated rings. The zero-order valence-corrected chi connectivity index (χ0v) is 18.0. The van der Waals surface area contributed by atoms with Crippen LogP contribution in [0.2, 0.25) is 0 Å². The molecule has 6 nitrogen and oxygen atoms in total. The van der Waals surface area contributed by atoms with Gasteiger partial charge in [-0.3, -0.25) is 4.68 Å². The van der Waals surface area contributed by atoms with Gasteiger partial charge >= 0.3 is 6.18 Å². The maximum absolute atomic E-state index is 12.6. The fraction of sp³-hybridized carbons (Fsp3) is 0.364. The molecule has 0 bridgehead atoms. The standard InChI is InChI=1S/C22H19F3N6S/c1-2-32-20-16-4-3-15(21(13-26)5-6-21)10-17(16)29-31(20)19-9-14-11-28-30(18(14)12-27-19)8-7-22(23,24)25/h3-4,9-12H,2,5-8H2,1H3. The third-order valence-electron chi connectivity index (χ3n) is 5.76. The van der Waals surface area contributed by atoms with Crippen LogP contribution in [0.5, 0.6) is 0 Å². The van der Waals surface area contributed by atoms with Crippen LogP contribution in [0.1, 0.15) is 31.7 Å². The molecule has 3 heterocycles. The van der Waals surface area contributed by atoms with Crippen molar-refractivity contribution in [2.24, 2.45) is 0 Å². The molecule has 1 saturated carbocycles. The van der Waals surface area contributed by atoms with Gasteiger partial charge in [-0.15, -0.1) is 11.8 Å². The Labute approximate surface area is 186 Å². The molecule has 0 aliphatic heterocycles. The predicted octanol–water partition coefficient (Wildman–Crippen LogP) is 5.39. The van der Waals surface area contributed by atoms with Crippen LogP contribution in [0.25, 0.3) is 27.6 Å². The van der Waals surface area contributed by atoms with Crippen molar-refractivity contribution in [3.8, 4) is 11.9 Å². The molecule has 10 heteroatoms. The van der Waals surface area contributed by atoms with Crippen LogP contribution < -0.4 is 0 Å². The zero-order chi connectivity index (χ0) is 22.5. The molecule has 3 aromatic heterocycles. The Morgan fingerprint density at radius 3 is 2.72 bits per heavy atom. The first-order valence-corrected chi connectivity index (χ1v) is 11.3. The number of fused-ring (bicyclic) bond motifs is 2. The normalized spacial score (nSPS) is 15.3. The number of benzene rings is 1. The molecule has 0 radical (unpaired) electrons. The van der Waals surface area contributed by atoms with Gasteiger partial charge in [0, 0.05) is 10.8 Å². The summed E-state index contributed by atoms with van der Waals surface area (Å²) in [6, 6.07) is 10.2. The Morgan fingerprint density at radius 1 is 1.22 bits per heavy atom. The average Bonchev–Trinajstić information content (AvgIpc) is 3.35. The van der Waals surface area contributed by atoms with Crippen LogP contribution >= 0.6 is 11.8 Å². The minimum absolute atomic E-state index is 0.250. The van der Waals surface area contributed by atoms with Gasteiger partial charge in [-0.25, -0.2) is 9.67 Å². The van der Waals surface area contributed by atoms with Crippen LogP contribution in [-0.4, -0.2) is 36.5 Å². The minimum atomic E-state index is -4.24. The zero-order valence-electron chi connectivity index (χ0n) is 17.2. The van der Waals surface area contributed by atoms with E-state index in [0.717, 1.165) is 40.1 Å². The van der Waals surface area contributed by atoms with Crippen LogP contribution in [0.15, 0.2) is 41.7 Å². The summed E-state index contributed by atoms with van der Waals surface area (Å²) in [4.78, 5) is 4.49. The smallest absolute Gasteiger partial charge is 0.263 e. The molecule has 0 atom stereocenters. The van der Waals surface area contributed by atoms with Crippen LogP contribution in [0, 0.1) is 11.3 Å². The second-order valence-electron chi connectivity index (χ2n) is 7.91. The Hall–Kier alpha value is -3.06. The Kier molecular flexibility index (Phi) is 4.89. The maximum atomic E-state index is 12.6. The predicted molar refractivity (Wildman–Crippen MR) is 116 cm³/mol. The quantitative estimate of drug-likeness (QED) is 0.364. The number of alkyl halides is 3. The molecule has 1 aromatic carbocycles. The summed E-state index contributed by atoms with van der Waals surface area (Å²) in [6.07, 6.45) is -0.363. The van der Waals surface area contributed by atoms with E-state index in [9.17, 15) is 18.4 Å². The molecule has 32 heavy (non-hydrogen) atoms. The van der Waals surface area contributed by atoms with E-state index in [-0.39, 0.29) is 6.54 Å². The lowest BCUT2D eigenvalue weighted by atomic mass is 9.97. The van der Waals surface area contributed by atoms with Gasteiger partial charge in [-0.2, -0.15) is 28.6 Å². The number of aryl methyl sites for hydroxylation is 1. The van der Waals surface area contributed by atoms with Crippen molar-refractivity contribution >= 4 is 33.6 Å². The number of nitriles is 1. The lowest BCUT2D eigenvalue weighted by Crippen LogP contribution is -2.13. The van der Waals surface area contributed by atoms with E-state index in [1.165, 1.54) is 4.68 Å². The molecule has 0 unspecified atom stereocenters. The van der Waals surface area contributed by atoms with Crippen molar-refractivity contribution in [3.05, 3.63) is 42.2 Å². The lowest BCUT2D eigenvalue weighted by Gasteiger charge is -2.08. The SMILES string of the molecule is CCSc1c2ccc(C3(C#N)CC3)cc2nn1-c1cc2cnn(CCC(F)(F)F)c2cn1. The Bertz CT molecular complexity index is 1360. The molecular weight excluding hydrogens is 437 g/mol. The average molecular weight is 456 g/mol. The highest BCUT2D eigenvalue weighted by molar-refractivity contribution is 7.99. The van der Waals surface area contributed by atoms with Gasteiger partial charge in [0.1, 0.15) is 5.03 Å². The number of pyridine rings is 1. The third kappa shape index (κ3) is 3.60. The first kappa shape index (κ1) is 20.8. The highest BCUT2D eigenvalue weighted by Crippen LogP contribution is 2.48. The molecule has 0 amide bonds. The second-order valence-corrected chi connectivity index (χ2v) is 9.16. The van der Waals surface area contributed by atoms with Crippen molar-refractivity contribution in [1.29, 1.82) is 5.26 Å². The van der Waals surface area contributed by atoms with E-state index in [1.807, 2.05) is 18.2 Å². The van der Waals surface area contributed by atoms with E-state index < -0.39 is 18.0 Å². The number of hydrogen-bond donors (Lipinski definition) is 0. The molecule has 1 aliphatic rings. The number of halogens is 3. The van der Waals surface area contributed by atoms with Gasteiger partial charge < -0.3 is 0 Å². The molecular formula is C22H19F3N6S. The molecule has 0 saturated heterocycles. The summed E-state index contributed by atoms with van der Waals surface area (Å²) < 4.78 is 40.9. The van der Waals surface area contributed by atoms with Crippen molar-refractivity contribution in [3.63, 3.8) is 0 Å². The van der Waals surface area contributed by atoms with Gasteiger partial charge in [0.15, 0.2) is 5.82 Å². The number of nitrogens with zero attached hydrogens (tertiary/aromatic N) is 6. The summed E-state index contributed by atoms with van der Waals surface area (Å²) in [5.74, 6) is 1.41. The highest BCUT2D eigenvalue weighted by atomic mass is 32.2. The largest absolute Gasteiger partial charge is 0.390 e. The topological polar surface area (TPSA) is 72.3 Å². The van der Waals surface area contributed by atoms with E-state index in [1.54, 1.807) is 34.9 Å². The molecule has 164 valence electrons. The first-order chi connectivity index (χ1) is 15.3. The van der Waals surface area contributed by atoms with Crippen molar-refractivity contribution in [1.82, 2.24) is 24.5 Å². The third-order valence-corrected chi connectivity index (χ3v) is 6.72. The molecule has 4 aromatic rings. The van der Waals surface area contributed by atoms with E-state index in [4.69, 9.17) is 5.10 Å². The van der Waals surface area contributed by atoms with Gasteiger partial charge in [-0.05, 0) is 42.4 Å². The summed E-state index contributed by atoms with van der Waals surface area (Å²) in [5, 5.41) is 21.0. The summed E-state index contributed by atoms with van der Waals surface area (Å²) in [6.45, 7) is 1.80. The van der Waals surface area contributed by atoms with Crippen molar-refractivity contribution < 1.29 is 13.2 Å². The van der Waals surface area contributed by atoms with Crippen molar-refractivity contribution in [2.75, 3.05) is 5.75 Å². The summed E-state index contributed by atoms with van der Waals surface area (Å²) in [5.41, 5.74) is 1.94. The fourth-order valence-corrected chi connectivity index (χ4v) is 4.73. The Morgan fingerprint density at radius 2 is 2.03 bits per heavy atom. The summed E-state index contributed by atoms with van der Waals surface area (Å²) in [7, 11) is 0. The number of thioether (sulfide) groups is 1. The Balaban J connectivity index is 1.55. The number of hydrogen-bond acceptors (Lipinski definition) is 5. The molecule has 0 N–H and O–H groups in total. The lowest BCUT2D eigenvalue weighted by molar-refractivity contribution is -0.137. The van der Waals surface area contributed by atoms with Crippen LogP contribution in [-0.2, 0) is 12.0 Å². The maximum Gasteiger partial charge on any atom is 0.390 e. The minimum Gasteiger partial charge on any atom is -0.263 e. The van der Waals surface area contributed by atoms with E-state index >= 15 is 0 Å². The van der Waals surface area contributed by atoms with Gasteiger partial charge in [0.25, 0.3) is 0 Å². The van der Waals surface area contributed by atoms with E-state index in [2.05, 4.69) is 23.1 Å². The number of rotatable bonds is 6. The highest BCUT2D eigenvalue weighted by Gasteiger charge is 2.45.